The number of amidine groups is 1. The number of rotatable bonds is 3. The number of amides is 1. The van der Waals surface area contributed by atoms with Gasteiger partial charge in [-0.3, -0.25) is 9.79 Å². The van der Waals surface area contributed by atoms with E-state index in [0.29, 0.717) is 13.0 Å². The Morgan fingerprint density at radius 2 is 2.31 bits per heavy atom. The van der Waals surface area contributed by atoms with Gasteiger partial charge in [-0.05, 0) is 23.6 Å². The number of nitrogens with one attached hydrogen (secondary N) is 1. The Balaban J connectivity index is 1.36. The molecule has 6 nitrogen and oxygen atoms in total. The zero-order valence-electron chi connectivity index (χ0n) is 14.6. The number of aromatic amines is 1. The molecular formula is C19H20N4O2S. The standard InChI is InChI=1S/C19H20N4O2S/c1-25-13-2-3-16-14(9-13)15-10-22(6-4-17(15)21-16)18(24)8-12-11-26-19-20-5-7-23(12)19/h2-3,9,11,21H,4-8,10H2,1H3. The number of thioether (sulfide) groups is 1. The summed E-state index contributed by atoms with van der Waals surface area (Å²) in [6.45, 7) is 3.14. The molecule has 5 rings (SSSR count). The number of H-pyrrole nitrogens is 1. The second-order valence-corrected chi connectivity index (χ2v) is 7.62. The van der Waals surface area contributed by atoms with E-state index in [1.165, 1.54) is 11.3 Å². The van der Waals surface area contributed by atoms with E-state index in [4.69, 9.17) is 4.74 Å². The number of aliphatic imine (C=N–C) groups is 1. The summed E-state index contributed by atoms with van der Waals surface area (Å²) in [6.07, 6.45) is 1.31. The number of methoxy groups -OCH3 is 1. The van der Waals surface area contributed by atoms with Gasteiger partial charge in [0.1, 0.15) is 5.75 Å². The van der Waals surface area contributed by atoms with Crippen LogP contribution in [0.3, 0.4) is 0 Å². The summed E-state index contributed by atoms with van der Waals surface area (Å²) < 4.78 is 5.36. The highest BCUT2D eigenvalue weighted by Gasteiger charge is 2.30. The molecule has 0 aliphatic carbocycles. The zero-order valence-corrected chi connectivity index (χ0v) is 15.4. The molecule has 2 aromatic rings. The monoisotopic (exact) mass is 368 g/mol. The van der Waals surface area contributed by atoms with E-state index >= 15 is 0 Å². The number of hydrogen-bond acceptors (Lipinski definition) is 5. The van der Waals surface area contributed by atoms with Gasteiger partial charge in [0.15, 0.2) is 5.17 Å². The Morgan fingerprint density at radius 3 is 3.19 bits per heavy atom. The Labute approximate surface area is 155 Å². The van der Waals surface area contributed by atoms with E-state index in [0.717, 1.165) is 53.6 Å². The van der Waals surface area contributed by atoms with Crippen molar-refractivity contribution < 1.29 is 9.53 Å². The number of nitrogens with zero attached hydrogens (tertiary/aromatic N) is 3. The van der Waals surface area contributed by atoms with Crippen molar-refractivity contribution in [2.75, 3.05) is 26.7 Å². The largest absolute Gasteiger partial charge is 0.497 e. The van der Waals surface area contributed by atoms with Gasteiger partial charge in [-0.25, -0.2) is 0 Å². The van der Waals surface area contributed by atoms with Crippen molar-refractivity contribution in [2.45, 2.75) is 19.4 Å². The topological polar surface area (TPSA) is 60.9 Å². The maximum Gasteiger partial charge on any atom is 0.228 e. The maximum absolute atomic E-state index is 12.9. The second-order valence-electron chi connectivity index (χ2n) is 6.78. The predicted octanol–water partition coefficient (Wildman–Crippen LogP) is 2.71. The molecule has 1 amide bonds. The van der Waals surface area contributed by atoms with Gasteiger partial charge in [-0.15, -0.1) is 0 Å². The van der Waals surface area contributed by atoms with Crippen LogP contribution in [0.15, 0.2) is 34.3 Å². The first-order chi connectivity index (χ1) is 12.7. The third-order valence-electron chi connectivity index (χ3n) is 5.32. The SMILES string of the molecule is COc1ccc2[nH]c3c(c2c1)CN(C(=O)CC1=CSC2=NCCN12)CC3. The Hall–Kier alpha value is -2.41. The zero-order chi connectivity index (χ0) is 17.7. The van der Waals surface area contributed by atoms with E-state index in [2.05, 4.69) is 26.4 Å². The fraction of sp³-hybridized carbons (Fsp3) is 0.368. The average molecular weight is 368 g/mol. The lowest BCUT2D eigenvalue weighted by Crippen LogP contribution is -2.37. The van der Waals surface area contributed by atoms with Crippen LogP contribution in [-0.4, -0.2) is 52.6 Å². The van der Waals surface area contributed by atoms with E-state index in [-0.39, 0.29) is 5.91 Å². The molecule has 1 aromatic heterocycles. The molecule has 7 heteroatoms. The van der Waals surface area contributed by atoms with Crippen LogP contribution in [0.4, 0.5) is 0 Å². The van der Waals surface area contributed by atoms with Gasteiger partial charge >= 0.3 is 0 Å². The van der Waals surface area contributed by atoms with Crippen molar-refractivity contribution in [3.05, 3.63) is 40.6 Å². The van der Waals surface area contributed by atoms with Gasteiger partial charge in [-0.2, -0.15) is 0 Å². The van der Waals surface area contributed by atoms with Gasteiger partial charge in [0.05, 0.1) is 20.1 Å². The normalized spacial score (nSPS) is 18.7. The highest BCUT2D eigenvalue weighted by Crippen LogP contribution is 2.33. The van der Waals surface area contributed by atoms with Gasteiger partial charge in [0.2, 0.25) is 5.91 Å². The molecule has 0 bridgehead atoms. The summed E-state index contributed by atoms with van der Waals surface area (Å²) in [7, 11) is 1.68. The molecule has 0 fully saturated rings. The highest BCUT2D eigenvalue weighted by atomic mass is 32.2. The van der Waals surface area contributed by atoms with Crippen molar-refractivity contribution in [3.63, 3.8) is 0 Å². The van der Waals surface area contributed by atoms with E-state index in [1.807, 2.05) is 17.0 Å². The van der Waals surface area contributed by atoms with Gasteiger partial charge in [0, 0.05) is 53.9 Å². The van der Waals surface area contributed by atoms with Crippen molar-refractivity contribution in [1.29, 1.82) is 0 Å². The lowest BCUT2D eigenvalue weighted by atomic mass is 10.0. The number of aromatic nitrogens is 1. The summed E-state index contributed by atoms with van der Waals surface area (Å²) in [5.41, 5.74) is 4.65. The first-order valence-corrected chi connectivity index (χ1v) is 9.74. The minimum absolute atomic E-state index is 0.188. The Kier molecular flexibility index (Phi) is 3.70. The highest BCUT2D eigenvalue weighted by molar-refractivity contribution is 8.16. The molecule has 0 unspecified atom stereocenters. The van der Waals surface area contributed by atoms with Crippen molar-refractivity contribution in [1.82, 2.24) is 14.8 Å². The third-order valence-corrected chi connectivity index (χ3v) is 6.27. The smallest absolute Gasteiger partial charge is 0.228 e. The predicted molar refractivity (Wildman–Crippen MR) is 103 cm³/mol. The molecule has 26 heavy (non-hydrogen) atoms. The van der Waals surface area contributed by atoms with Crippen LogP contribution in [0.1, 0.15) is 17.7 Å². The maximum atomic E-state index is 12.9. The summed E-state index contributed by atoms with van der Waals surface area (Å²) >= 11 is 1.63. The molecule has 1 aromatic carbocycles. The van der Waals surface area contributed by atoms with Gasteiger partial charge in [-0.1, -0.05) is 11.8 Å². The van der Waals surface area contributed by atoms with Crippen LogP contribution in [0.5, 0.6) is 5.75 Å². The number of fused-ring (bicyclic) bond motifs is 4. The summed E-state index contributed by atoms with van der Waals surface area (Å²) in [4.78, 5) is 25.0. The molecule has 0 spiro atoms. The number of ether oxygens (including phenoxy) is 1. The third kappa shape index (κ3) is 2.49. The number of carbonyl (C=O) groups excluding carboxylic acids is 1. The Morgan fingerprint density at radius 1 is 1.38 bits per heavy atom. The fourth-order valence-electron chi connectivity index (χ4n) is 3.92. The van der Waals surface area contributed by atoms with E-state index in [9.17, 15) is 4.79 Å². The quantitative estimate of drug-likeness (QED) is 0.905. The molecule has 0 atom stereocenters. The first-order valence-electron chi connectivity index (χ1n) is 8.86. The molecule has 0 saturated heterocycles. The molecule has 3 aliphatic heterocycles. The van der Waals surface area contributed by atoms with Crippen LogP contribution in [0.2, 0.25) is 0 Å². The number of hydrogen-bond donors (Lipinski definition) is 1. The van der Waals surface area contributed by atoms with Gasteiger partial charge < -0.3 is 19.5 Å². The Bertz CT molecular complexity index is 962. The van der Waals surface area contributed by atoms with Crippen LogP contribution in [-0.2, 0) is 17.8 Å². The summed E-state index contributed by atoms with van der Waals surface area (Å²) in [5, 5.41) is 4.26. The molecular weight excluding hydrogens is 348 g/mol. The minimum Gasteiger partial charge on any atom is -0.497 e. The molecule has 3 aliphatic rings. The van der Waals surface area contributed by atoms with Gasteiger partial charge in [0.25, 0.3) is 0 Å². The average Bonchev–Trinajstić information content (AvgIpc) is 3.36. The molecule has 134 valence electrons. The van der Waals surface area contributed by atoms with Crippen molar-refractivity contribution >= 4 is 33.7 Å². The van der Waals surface area contributed by atoms with Crippen LogP contribution in [0, 0.1) is 0 Å². The number of benzene rings is 1. The summed E-state index contributed by atoms with van der Waals surface area (Å²) in [6, 6.07) is 6.07. The lowest BCUT2D eigenvalue weighted by Gasteiger charge is -2.28. The number of carbonyl (C=O) groups is 1. The second kappa shape index (κ2) is 6.09. The lowest BCUT2D eigenvalue weighted by molar-refractivity contribution is -0.131. The molecule has 0 saturated carbocycles. The van der Waals surface area contributed by atoms with Crippen LogP contribution in [0.25, 0.3) is 10.9 Å². The fourth-order valence-corrected chi connectivity index (χ4v) is 4.87. The summed E-state index contributed by atoms with van der Waals surface area (Å²) in [5.74, 6) is 1.03. The molecule has 4 heterocycles. The van der Waals surface area contributed by atoms with Crippen molar-refractivity contribution in [2.24, 2.45) is 4.99 Å². The minimum atomic E-state index is 0.188. The first kappa shape index (κ1) is 15.8. The van der Waals surface area contributed by atoms with Crippen molar-refractivity contribution in [3.8, 4) is 5.75 Å². The van der Waals surface area contributed by atoms with Crippen LogP contribution >= 0.6 is 11.8 Å². The van der Waals surface area contributed by atoms with Crippen LogP contribution < -0.4 is 4.74 Å². The van der Waals surface area contributed by atoms with E-state index < -0.39 is 0 Å². The molecule has 0 radical (unpaired) electrons. The van der Waals surface area contributed by atoms with E-state index in [1.54, 1.807) is 18.9 Å². The molecule has 1 N–H and O–H groups in total.